The zero-order chi connectivity index (χ0) is 11.9. The number of aliphatic hydroxyl groups excluding tert-OH is 1. The first kappa shape index (κ1) is 56.6. The zero-order valence-corrected chi connectivity index (χ0v) is 9.12. The quantitative estimate of drug-likeness (QED) is 0.652. The Hall–Kier alpha value is -1.10. The Kier molecular flexibility index (Phi) is 275. The number of ether oxygens (including phenoxy) is 1. The number of carboxylic acids is 1. The smallest absolute Gasteiger partial charge is 0.302 e. The minimum atomic E-state index is -0.833. The molecule has 0 unspecified atom stereocenters. The molecular weight excluding hydrogens is 224 g/mol. The van der Waals surface area contributed by atoms with E-state index in [1.165, 1.54) is 14.0 Å². The van der Waals surface area contributed by atoms with Crippen LogP contribution in [0.2, 0.25) is 0 Å². The van der Waals surface area contributed by atoms with Crippen LogP contribution in [0.3, 0.4) is 0 Å². The summed E-state index contributed by atoms with van der Waals surface area (Å²) in [6.07, 6.45) is 0. The van der Waals surface area contributed by atoms with Crippen molar-refractivity contribution in [1.82, 2.24) is 0 Å². The Bertz CT molecular complexity index is 99.1. The van der Waals surface area contributed by atoms with E-state index >= 15 is 0 Å². The van der Waals surface area contributed by atoms with Gasteiger partial charge in [0, 0.05) is 21.0 Å². The van der Waals surface area contributed by atoms with Crippen LogP contribution >= 0.6 is 0 Å². The molecule has 0 fully saturated rings. The summed E-state index contributed by atoms with van der Waals surface area (Å²) in [7, 11) is 2.35. The number of aliphatic carboxylic acids is 1. The van der Waals surface area contributed by atoms with Crippen molar-refractivity contribution in [1.29, 1.82) is 0 Å². The fourth-order valence-electron chi connectivity index (χ4n) is 0. The highest BCUT2D eigenvalue weighted by Crippen LogP contribution is 1.60. The second kappa shape index (κ2) is 82.7. The van der Waals surface area contributed by atoms with Gasteiger partial charge in [0.15, 0.2) is 0 Å². The predicted octanol–water partition coefficient (Wildman–Crippen LogP) is 3.45. The van der Waals surface area contributed by atoms with Crippen molar-refractivity contribution in [3.8, 4) is 0 Å². The third-order valence-corrected chi connectivity index (χ3v) is 0.287. The molecular formula is C12H36O5. The minimum absolute atomic E-state index is 0. The summed E-state index contributed by atoms with van der Waals surface area (Å²) in [5, 5.41) is 14.4. The van der Waals surface area contributed by atoms with Gasteiger partial charge < -0.3 is 14.9 Å². The van der Waals surface area contributed by atoms with E-state index in [-0.39, 0.29) is 35.7 Å². The normalized spacial score (nSPS) is 4.18. The number of hydrogen-bond acceptors (Lipinski definition) is 4. The lowest BCUT2D eigenvalue weighted by Crippen LogP contribution is -1.88. The molecule has 0 bridgehead atoms. The van der Waals surface area contributed by atoms with Crippen LogP contribution in [0.5, 0.6) is 0 Å². The number of aliphatic hydroxyl groups is 1. The van der Waals surface area contributed by atoms with Gasteiger partial charge in [-0.3, -0.25) is 9.59 Å². The molecule has 0 amide bonds. The summed E-state index contributed by atoms with van der Waals surface area (Å²) in [5.74, 6) is -1.08. The Morgan fingerprint density at radius 3 is 0.941 bits per heavy atom. The van der Waals surface area contributed by atoms with E-state index in [1.54, 1.807) is 0 Å². The maximum Gasteiger partial charge on any atom is 0.302 e. The van der Waals surface area contributed by atoms with Gasteiger partial charge in [-0.15, -0.1) is 0 Å². The van der Waals surface area contributed by atoms with E-state index in [1.807, 2.05) is 13.8 Å². The molecule has 0 spiro atoms. The van der Waals surface area contributed by atoms with Gasteiger partial charge in [-0.05, 0) is 0 Å². The number of carbonyl (C=O) groups excluding carboxylic acids is 1. The molecule has 0 heterocycles. The highest BCUT2D eigenvalue weighted by Gasteiger charge is 1.75. The molecule has 114 valence electrons. The summed E-state index contributed by atoms with van der Waals surface area (Å²) < 4.78 is 4.11. The number of methoxy groups -OCH3 is 1. The first-order valence-electron chi connectivity index (χ1n) is 3.69. The Balaban J connectivity index is -0.0000000105. The first-order valence-corrected chi connectivity index (χ1v) is 3.69. The van der Waals surface area contributed by atoms with E-state index < -0.39 is 5.97 Å². The lowest BCUT2D eigenvalue weighted by Gasteiger charge is -1.80. The molecule has 0 aromatic carbocycles. The number of rotatable bonds is 0. The fourth-order valence-corrected chi connectivity index (χ4v) is 0. The van der Waals surface area contributed by atoms with Crippen molar-refractivity contribution in [3.63, 3.8) is 0 Å². The predicted molar refractivity (Wildman–Crippen MR) is 77.4 cm³/mol. The summed E-state index contributed by atoms with van der Waals surface area (Å²) in [4.78, 5) is 18.6. The Morgan fingerprint density at radius 2 is 0.941 bits per heavy atom. The Labute approximate surface area is 109 Å². The Morgan fingerprint density at radius 1 is 0.882 bits per heavy atom. The number of carbonyl (C=O) groups is 2. The molecule has 0 radical (unpaired) electrons. The molecule has 0 aromatic heterocycles. The van der Waals surface area contributed by atoms with Gasteiger partial charge in [-0.25, -0.2) is 0 Å². The molecule has 0 aliphatic heterocycles. The number of hydrogen-bond donors (Lipinski definition) is 2. The largest absolute Gasteiger partial charge is 0.481 e. The second-order valence-corrected chi connectivity index (χ2v) is 1.21. The monoisotopic (exact) mass is 260 g/mol. The molecule has 0 saturated carbocycles. The maximum absolute atomic E-state index is 9.59. The lowest BCUT2D eigenvalue weighted by atomic mass is 10.8. The molecule has 0 rings (SSSR count). The summed E-state index contributed by atoms with van der Waals surface area (Å²) >= 11 is 0. The van der Waals surface area contributed by atoms with Crippen LogP contribution in [-0.2, 0) is 14.3 Å². The van der Waals surface area contributed by atoms with Crippen LogP contribution in [0.25, 0.3) is 0 Å². The summed E-state index contributed by atoms with van der Waals surface area (Å²) in [6.45, 7) is 6.44. The molecule has 5 nitrogen and oxygen atoms in total. The average Bonchev–Trinajstić information content (AvgIpc) is 2.10. The molecule has 0 saturated heterocycles. The van der Waals surface area contributed by atoms with Crippen molar-refractivity contribution in [2.24, 2.45) is 0 Å². The molecule has 2 N–H and O–H groups in total. The van der Waals surface area contributed by atoms with Crippen molar-refractivity contribution in [2.75, 3.05) is 14.2 Å². The number of esters is 1. The van der Waals surface area contributed by atoms with Crippen LogP contribution in [0.1, 0.15) is 57.4 Å². The third kappa shape index (κ3) is 3060. The van der Waals surface area contributed by atoms with Crippen molar-refractivity contribution < 1.29 is 24.5 Å². The van der Waals surface area contributed by atoms with Crippen LogP contribution in [0.4, 0.5) is 0 Å². The van der Waals surface area contributed by atoms with Crippen LogP contribution in [0.15, 0.2) is 0 Å². The highest BCUT2D eigenvalue weighted by atomic mass is 16.5. The van der Waals surface area contributed by atoms with Gasteiger partial charge in [-0.2, -0.15) is 0 Å². The first-order chi connectivity index (χ1) is 6.00. The molecule has 0 atom stereocenters. The second-order valence-electron chi connectivity index (χ2n) is 1.21. The molecule has 5 heteroatoms. The van der Waals surface area contributed by atoms with Crippen molar-refractivity contribution >= 4 is 11.9 Å². The topological polar surface area (TPSA) is 83.8 Å². The van der Waals surface area contributed by atoms with Gasteiger partial charge in [0.1, 0.15) is 0 Å². The number of carboxylic acid groups (broad SMARTS) is 1. The van der Waals surface area contributed by atoms with Crippen molar-refractivity contribution in [3.05, 3.63) is 0 Å². The molecule has 0 aliphatic carbocycles. The van der Waals surface area contributed by atoms with Crippen molar-refractivity contribution in [2.45, 2.75) is 57.4 Å². The van der Waals surface area contributed by atoms with Gasteiger partial charge in [0.2, 0.25) is 0 Å². The van der Waals surface area contributed by atoms with Crippen LogP contribution < -0.4 is 0 Å². The SMILES string of the molecule is C.C.C.C.CC.CC(=O)O.CO.COC(C)=O. The summed E-state index contributed by atoms with van der Waals surface area (Å²) in [5.41, 5.74) is 0. The van der Waals surface area contributed by atoms with Gasteiger partial charge in [-0.1, -0.05) is 43.6 Å². The van der Waals surface area contributed by atoms with E-state index in [4.69, 9.17) is 15.0 Å². The zero-order valence-electron chi connectivity index (χ0n) is 9.12. The third-order valence-electron chi connectivity index (χ3n) is 0.287. The highest BCUT2D eigenvalue weighted by molar-refractivity contribution is 5.65. The van der Waals surface area contributed by atoms with E-state index in [9.17, 15) is 4.79 Å². The minimum Gasteiger partial charge on any atom is -0.481 e. The molecule has 17 heavy (non-hydrogen) atoms. The average molecular weight is 260 g/mol. The van der Waals surface area contributed by atoms with Gasteiger partial charge >= 0.3 is 5.97 Å². The lowest BCUT2D eigenvalue weighted by molar-refractivity contribution is -0.138. The van der Waals surface area contributed by atoms with E-state index in [2.05, 4.69) is 4.74 Å². The van der Waals surface area contributed by atoms with E-state index in [0.29, 0.717) is 0 Å². The van der Waals surface area contributed by atoms with Crippen LogP contribution in [0, 0.1) is 0 Å². The standard InChI is InChI=1S/C3H6O2.C2H4O2.C2H6.CH4O.4CH4/c1-3(4)5-2;1-2(3)4;2*1-2;;;;/h1-2H3;1H3,(H,3,4);1-2H3;2H,1H3;4*1H4. The van der Waals surface area contributed by atoms with E-state index in [0.717, 1.165) is 14.0 Å². The van der Waals surface area contributed by atoms with Gasteiger partial charge in [0.25, 0.3) is 5.97 Å². The summed E-state index contributed by atoms with van der Waals surface area (Å²) in [6, 6.07) is 0. The fraction of sp³-hybridized carbons (Fsp3) is 0.833. The molecule has 0 aliphatic rings. The maximum atomic E-state index is 9.59. The van der Waals surface area contributed by atoms with Crippen LogP contribution in [-0.4, -0.2) is 36.4 Å². The van der Waals surface area contributed by atoms with Gasteiger partial charge in [0.05, 0.1) is 7.11 Å². The molecule has 0 aromatic rings.